The Balaban J connectivity index is 1.63. The molecule has 0 saturated carbocycles. The summed E-state index contributed by atoms with van der Waals surface area (Å²) in [5.41, 5.74) is 1.01. The summed E-state index contributed by atoms with van der Waals surface area (Å²) < 4.78 is 18.9. The van der Waals surface area contributed by atoms with E-state index in [-0.39, 0.29) is 11.7 Å². The molecule has 0 bridgehead atoms. The van der Waals surface area contributed by atoms with Gasteiger partial charge in [-0.25, -0.2) is 9.37 Å². The van der Waals surface area contributed by atoms with Gasteiger partial charge in [0, 0.05) is 5.69 Å². The molecule has 3 rings (SSSR count). The molecule has 0 aliphatic heterocycles. The number of carbonyl (C=O) groups is 1. The summed E-state index contributed by atoms with van der Waals surface area (Å²) in [6.07, 6.45) is 0. The number of benzene rings is 2. The van der Waals surface area contributed by atoms with E-state index < -0.39 is 5.25 Å². The number of thioether (sulfide) groups is 1. The van der Waals surface area contributed by atoms with Crippen LogP contribution >= 0.6 is 11.8 Å². The van der Waals surface area contributed by atoms with Crippen LogP contribution in [-0.2, 0) is 4.79 Å². The van der Waals surface area contributed by atoms with E-state index in [1.54, 1.807) is 56.5 Å². The van der Waals surface area contributed by atoms with Crippen molar-refractivity contribution in [2.75, 3.05) is 12.4 Å². The minimum atomic E-state index is -0.429. The van der Waals surface area contributed by atoms with Crippen LogP contribution in [0.2, 0.25) is 0 Å². The van der Waals surface area contributed by atoms with Crippen molar-refractivity contribution in [2.45, 2.75) is 17.3 Å². The Bertz CT molecular complexity index is 898. The highest BCUT2D eigenvalue weighted by Crippen LogP contribution is 2.25. The molecule has 0 unspecified atom stereocenters. The molecule has 1 atom stereocenters. The summed E-state index contributed by atoms with van der Waals surface area (Å²) in [7, 11) is 1.58. The molecule has 26 heavy (non-hydrogen) atoms. The smallest absolute Gasteiger partial charge is 0.237 e. The first-order valence-electron chi connectivity index (χ1n) is 7.85. The van der Waals surface area contributed by atoms with E-state index in [1.807, 2.05) is 0 Å². The topological polar surface area (TPSA) is 79.9 Å². The van der Waals surface area contributed by atoms with Crippen molar-refractivity contribution in [3.8, 4) is 17.1 Å². The van der Waals surface area contributed by atoms with Crippen molar-refractivity contribution < 1.29 is 13.9 Å². The third-order valence-electron chi connectivity index (χ3n) is 3.60. The molecule has 8 heteroatoms. The van der Waals surface area contributed by atoms with Crippen molar-refractivity contribution >= 4 is 23.4 Å². The van der Waals surface area contributed by atoms with Gasteiger partial charge in [-0.2, -0.15) is 0 Å². The van der Waals surface area contributed by atoms with E-state index in [9.17, 15) is 9.18 Å². The number of rotatable bonds is 6. The maximum Gasteiger partial charge on any atom is 0.237 e. The Hall–Kier alpha value is -2.87. The van der Waals surface area contributed by atoms with Crippen LogP contribution in [0.4, 0.5) is 10.1 Å². The lowest BCUT2D eigenvalue weighted by Crippen LogP contribution is -2.22. The number of ether oxygens (including phenoxy) is 1. The number of amides is 1. The van der Waals surface area contributed by atoms with Gasteiger partial charge in [-0.3, -0.25) is 9.89 Å². The maximum atomic E-state index is 13.8. The van der Waals surface area contributed by atoms with Crippen LogP contribution < -0.4 is 10.1 Å². The minimum Gasteiger partial charge on any atom is -0.497 e. The molecule has 0 spiro atoms. The molecular weight excluding hydrogens is 355 g/mol. The van der Waals surface area contributed by atoms with Crippen molar-refractivity contribution in [3.05, 3.63) is 54.3 Å². The van der Waals surface area contributed by atoms with E-state index in [4.69, 9.17) is 4.74 Å². The molecular formula is C18H17FN4O2S. The number of nitrogens with zero attached hydrogens (tertiary/aromatic N) is 2. The molecule has 134 valence electrons. The number of aromatic nitrogens is 3. The number of H-pyrrole nitrogens is 1. The molecule has 0 saturated heterocycles. The third kappa shape index (κ3) is 4.20. The Labute approximate surface area is 154 Å². The first-order valence-corrected chi connectivity index (χ1v) is 8.73. The second kappa shape index (κ2) is 8.01. The van der Waals surface area contributed by atoms with Gasteiger partial charge in [0.25, 0.3) is 0 Å². The van der Waals surface area contributed by atoms with E-state index >= 15 is 0 Å². The first-order chi connectivity index (χ1) is 12.6. The third-order valence-corrected chi connectivity index (χ3v) is 4.56. The summed E-state index contributed by atoms with van der Waals surface area (Å²) in [5, 5.41) is 9.52. The standard InChI is InChI=1S/C18H17FN4O2S/c1-11(17(24)20-12-7-9-13(25-2)10-8-12)26-18-21-16(22-23-18)14-5-3-4-6-15(14)19/h3-11H,1-2H3,(H,20,24)(H,21,22,23)/t11-/m0/s1. The van der Waals surface area contributed by atoms with Crippen molar-refractivity contribution in [3.63, 3.8) is 0 Å². The van der Waals surface area contributed by atoms with Crippen molar-refractivity contribution in [1.29, 1.82) is 0 Å². The first kappa shape index (κ1) is 17.9. The number of anilines is 1. The number of methoxy groups -OCH3 is 1. The predicted octanol–water partition coefficient (Wildman–Crippen LogP) is 3.74. The lowest BCUT2D eigenvalue weighted by atomic mass is 10.2. The van der Waals surface area contributed by atoms with Gasteiger partial charge in [0.1, 0.15) is 11.6 Å². The van der Waals surface area contributed by atoms with Crippen LogP contribution in [0.15, 0.2) is 53.7 Å². The number of nitrogens with one attached hydrogen (secondary N) is 2. The molecule has 0 fully saturated rings. The van der Waals surface area contributed by atoms with Gasteiger partial charge in [-0.05, 0) is 43.3 Å². The van der Waals surface area contributed by atoms with E-state index in [0.29, 0.717) is 28.0 Å². The van der Waals surface area contributed by atoms with E-state index in [0.717, 1.165) is 0 Å². The minimum absolute atomic E-state index is 0.183. The van der Waals surface area contributed by atoms with Crippen molar-refractivity contribution in [1.82, 2.24) is 15.2 Å². The quantitative estimate of drug-likeness (QED) is 0.645. The van der Waals surface area contributed by atoms with Crippen LogP contribution in [0.5, 0.6) is 5.75 Å². The summed E-state index contributed by atoms with van der Waals surface area (Å²) >= 11 is 1.19. The average molecular weight is 372 g/mol. The van der Waals surface area contributed by atoms with Gasteiger partial charge in [0.15, 0.2) is 5.82 Å². The van der Waals surface area contributed by atoms with Gasteiger partial charge in [-0.15, -0.1) is 5.10 Å². The summed E-state index contributed by atoms with van der Waals surface area (Å²) in [6.45, 7) is 1.75. The maximum absolute atomic E-state index is 13.8. The molecule has 2 aromatic carbocycles. The molecule has 6 nitrogen and oxygen atoms in total. The molecule has 0 aliphatic carbocycles. The average Bonchev–Trinajstić information content (AvgIpc) is 3.11. The van der Waals surface area contributed by atoms with Crippen molar-refractivity contribution in [2.24, 2.45) is 0 Å². The zero-order valence-corrected chi connectivity index (χ0v) is 15.0. The Morgan fingerprint density at radius 2 is 1.96 bits per heavy atom. The molecule has 0 radical (unpaired) electrons. The molecule has 2 N–H and O–H groups in total. The van der Waals surface area contributed by atoms with Crippen LogP contribution in [0.25, 0.3) is 11.4 Å². The molecule has 0 aliphatic rings. The van der Waals surface area contributed by atoms with Crippen LogP contribution in [0.3, 0.4) is 0 Å². The summed E-state index contributed by atoms with van der Waals surface area (Å²) in [4.78, 5) is 16.6. The zero-order valence-electron chi connectivity index (χ0n) is 14.2. The molecule has 3 aromatic rings. The fourth-order valence-electron chi connectivity index (χ4n) is 2.20. The second-order valence-electron chi connectivity index (χ2n) is 5.42. The summed E-state index contributed by atoms with van der Waals surface area (Å²) in [6, 6.07) is 13.4. The number of hydrogen-bond acceptors (Lipinski definition) is 5. The van der Waals surface area contributed by atoms with Gasteiger partial charge in [0.05, 0.1) is 17.9 Å². The highest BCUT2D eigenvalue weighted by molar-refractivity contribution is 8.00. The fourth-order valence-corrected chi connectivity index (χ4v) is 2.93. The normalized spacial score (nSPS) is 11.8. The number of carbonyl (C=O) groups excluding carboxylic acids is 1. The Morgan fingerprint density at radius 3 is 2.65 bits per heavy atom. The SMILES string of the molecule is COc1ccc(NC(=O)[C@H](C)Sc2n[nH]c(-c3ccccc3F)n2)cc1. The zero-order chi connectivity index (χ0) is 18.5. The lowest BCUT2D eigenvalue weighted by Gasteiger charge is -2.10. The van der Waals surface area contributed by atoms with Gasteiger partial charge in [0.2, 0.25) is 11.1 Å². The summed E-state index contributed by atoms with van der Waals surface area (Å²) in [5.74, 6) is 0.475. The molecule has 1 aromatic heterocycles. The van der Waals surface area contributed by atoms with Gasteiger partial charge < -0.3 is 10.1 Å². The monoisotopic (exact) mass is 372 g/mol. The highest BCUT2D eigenvalue weighted by atomic mass is 32.2. The Morgan fingerprint density at radius 1 is 1.23 bits per heavy atom. The number of halogens is 1. The highest BCUT2D eigenvalue weighted by Gasteiger charge is 2.18. The predicted molar refractivity (Wildman–Crippen MR) is 98.7 cm³/mol. The van der Waals surface area contributed by atoms with Crippen LogP contribution in [0.1, 0.15) is 6.92 Å². The second-order valence-corrected chi connectivity index (χ2v) is 6.73. The molecule has 1 heterocycles. The number of hydrogen-bond donors (Lipinski definition) is 2. The fraction of sp³-hybridized carbons (Fsp3) is 0.167. The van der Waals surface area contributed by atoms with Crippen LogP contribution in [0, 0.1) is 5.82 Å². The lowest BCUT2D eigenvalue weighted by molar-refractivity contribution is -0.115. The Kier molecular flexibility index (Phi) is 5.52. The van der Waals surface area contributed by atoms with Gasteiger partial charge >= 0.3 is 0 Å². The molecule has 1 amide bonds. The van der Waals surface area contributed by atoms with Gasteiger partial charge in [-0.1, -0.05) is 23.9 Å². The van der Waals surface area contributed by atoms with Crippen LogP contribution in [-0.4, -0.2) is 33.4 Å². The largest absolute Gasteiger partial charge is 0.497 e. The van der Waals surface area contributed by atoms with E-state index in [1.165, 1.54) is 17.8 Å². The van der Waals surface area contributed by atoms with E-state index in [2.05, 4.69) is 20.5 Å². The number of aromatic amines is 1.